The highest BCUT2D eigenvalue weighted by atomic mass is 35.5. The summed E-state index contributed by atoms with van der Waals surface area (Å²) < 4.78 is 5.28. The second kappa shape index (κ2) is 6.39. The van der Waals surface area contributed by atoms with Crippen molar-refractivity contribution in [2.45, 2.75) is 51.5 Å². The monoisotopic (exact) mass is 287 g/mol. The number of amides is 1. The van der Waals surface area contributed by atoms with E-state index in [1.54, 1.807) is 13.8 Å². The average Bonchev–Trinajstić information content (AvgIpc) is 2.67. The molecule has 0 aliphatic heterocycles. The van der Waals surface area contributed by atoms with Crippen molar-refractivity contribution in [2.24, 2.45) is 5.73 Å². The van der Waals surface area contributed by atoms with Gasteiger partial charge in [0.05, 0.1) is 5.69 Å². The molecule has 1 heterocycles. The van der Waals surface area contributed by atoms with Crippen LogP contribution in [0, 0.1) is 13.8 Å². The van der Waals surface area contributed by atoms with Crippen molar-refractivity contribution in [1.82, 2.24) is 10.3 Å². The summed E-state index contributed by atoms with van der Waals surface area (Å²) >= 11 is 0. The molecule has 3 N–H and O–H groups in total. The number of oxazole rings is 1. The third-order valence-electron chi connectivity index (χ3n) is 3.56. The van der Waals surface area contributed by atoms with Gasteiger partial charge in [0.25, 0.3) is 5.91 Å². The molecular formula is C13H22ClN3O2. The van der Waals surface area contributed by atoms with Gasteiger partial charge in [-0.1, -0.05) is 19.3 Å². The highest BCUT2D eigenvalue weighted by Gasteiger charge is 2.28. The van der Waals surface area contributed by atoms with Crippen LogP contribution >= 0.6 is 12.4 Å². The largest absolute Gasteiger partial charge is 0.436 e. The first-order valence-corrected chi connectivity index (χ1v) is 6.51. The predicted octanol–water partition coefficient (Wildman–Crippen LogP) is 2.10. The second-order valence-corrected chi connectivity index (χ2v) is 5.25. The maximum atomic E-state index is 12.0. The average molecular weight is 288 g/mol. The molecule has 6 heteroatoms. The number of carbonyl (C=O) groups is 1. The van der Waals surface area contributed by atoms with Crippen LogP contribution in [-0.4, -0.2) is 23.0 Å². The Hall–Kier alpha value is -1.07. The zero-order chi connectivity index (χ0) is 13.2. The Morgan fingerprint density at radius 3 is 2.53 bits per heavy atom. The Morgan fingerprint density at radius 2 is 2.00 bits per heavy atom. The second-order valence-electron chi connectivity index (χ2n) is 5.25. The van der Waals surface area contributed by atoms with E-state index in [-0.39, 0.29) is 23.9 Å². The SMILES string of the molecule is Cc1nc(C)c(C(=O)NCC2(N)CCCCC2)o1.Cl. The van der Waals surface area contributed by atoms with Gasteiger partial charge in [-0.25, -0.2) is 4.98 Å². The van der Waals surface area contributed by atoms with Crippen molar-refractivity contribution in [3.05, 3.63) is 17.3 Å². The van der Waals surface area contributed by atoms with Gasteiger partial charge < -0.3 is 15.5 Å². The topological polar surface area (TPSA) is 81.2 Å². The summed E-state index contributed by atoms with van der Waals surface area (Å²) in [7, 11) is 0. The van der Waals surface area contributed by atoms with E-state index >= 15 is 0 Å². The van der Waals surface area contributed by atoms with Gasteiger partial charge >= 0.3 is 0 Å². The van der Waals surface area contributed by atoms with Crippen LogP contribution in [-0.2, 0) is 0 Å². The minimum Gasteiger partial charge on any atom is -0.436 e. The molecule has 1 fully saturated rings. The fourth-order valence-electron chi connectivity index (χ4n) is 2.51. The Labute approximate surface area is 119 Å². The van der Waals surface area contributed by atoms with E-state index in [1.807, 2.05) is 0 Å². The highest BCUT2D eigenvalue weighted by Crippen LogP contribution is 2.25. The van der Waals surface area contributed by atoms with E-state index in [2.05, 4.69) is 10.3 Å². The third-order valence-corrected chi connectivity index (χ3v) is 3.56. The fourth-order valence-corrected chi connectivity index (χ4v) is 2.51. The number of hydrogen-bond acceptors (Lipinski definition) is 4. The molecular weight excluding hydrogens is 266 g/mol. The molecule has 0 bridgehead atoms. The van der Waals surface area contributed by atoms with Gasteiger partial charge in [0.15, 0.2) is 5.89 Å². The van der Waals surface area contributed by atoms with Crippen LogP contribution in [0.3, 0.4) is 0 Å². The van der Waals surface area contributed by atoms with Gasteiger partial charge in [0.2, 0.25) is 5.76 Å². The maximum absolute atomic E-state index is 12.0. The van der Waals surface area contributed by atoms with Crippen LogP contribution in [0.25, 0.3) is 0 Å². The number of carbonyl (C=O) groups excluding carboxylic acids is 1. The number of nitrogens with zero attached hydrogens (tertiary/aromatic N) is 1. The first-order valence-electron chi connectivity index (χ1n) is 6.51. The summed E-state index contributed by atoms with van der Waals surface area (Å²) in [5.74, 6) is 0.591. The summed E-state index contributed by atoms with van der Waals surface area (Å²) in [6, 6.07) is 0. The predicted molar refractivity (Wildman–Crippen MR) is 75.6 cm³/mol. The van der Waals surface area contributed by atoms with E-state index in [0.29, 0.717) is 23.9 Å². The van der Waals surface area contributed by atoms with E-state index in [4.69, 9.17) is 10.2 Å². The lowest BCUT2D eigenvalue weighted by Gasteiger charge is -2.33. The minimum atomic E-state index is -0.253. The van der Waals surface area contributed by atoms with E-state index in [9.17, 15) is 4.79 Å². The molecule has 0 atom stereocenters. The molecule has 1 saturated carbocycles. The summed E-state index contributed by atoms with van der Waals surface area (Å²) in [6.45, 7) is 4.00. The Kier molecular flexibility index (Phi) is 5.38. The van der Waals surface area contributed by atoms with Gasteiger partial charge in [-0.05, 0) is 19.8 Å². The van der Waals surface area contributed by atoms with Crippen LogP contribution in [0.5, 0.6) is 0 Å². The number of hydrogen-bond donors (Lipinski definition) is 2. The normalized spacial score (nSPS) is 17.6. The Balaban J connectivity index is 0.00000180. The van der Waals surface area contributed by atoms with Gasteiger partial charge in [0.1, 0.15) is 0 Å². The van der Waals surface area contributed by atoms with Crippen molar-refractivity contribution >= 4 is 18.3 Å². The molecule has 1 aliphatic carbocycles. The van der Waals surface area contributed by atoms with E-state index in [0.717, 1.165) is 25.7 Å². The van der Waals surface area contributed by atoms with Crippen molar-refractivity contribution in [1.29, 1.82) is 0 Å². The van der Waals surface area contributed by atoms with Gasteiger partial charge in [0, 0.05) is 19.0 Å². The highest BCUT2D eigenvalue weighted by molar-refractivity contribution is 5.92. The van der Waals surface area contributed by atoms with Crippen LogP contribution in [0.2, 0.25) is 0 Å². The molecule has 0 unspecified atom stereocenters. The lowest BCUT2D eigenvalue weighted by Crippen LogP contribution is -2.51. The zero-order valence-electron chi connectivity index (χ0n) is 11.5. The van der Waals surface area contributed by atoms with Crippen molar-refractivity contribution in [2.75, 3.05) is 6.54 Å². The van der Waals surface area contributed by atoms with Crippen LogP contribution in [0.1, 0.15) is 54.2 Å². The van der Waals surface area contributed by atoms with Crippen molar-refractivity contribution in [3.8, 4) is 0 Å². The van der Waals surface area contributed by atoms with E-state index in [1.165, 1.54) is 6.42 Å². The lowest BCUT2D eigenvalue weighted by molar-refractivity contribution is 0.0907. The van der Waals surface area contributed by atoms with Gasteiger partial charge in [-0.15, -0.1) is 12.4 Å². The molecule has 1 amide bonds. The third kappa shape index (κ3) is 3.94. The van der Waals surface area contributed by atoms with Gasteiger partial charge in [-0.2, -0.15) is 0 Å². The summed E-state index contributed by atoms with van der Waals surface area (Å²) in [5, 5.41) is 2.87. The minimum absolute atomic E-state index is 0. The first-order chi connectivity index (χ1) is 8.50. The number of aryl methyl sites for hydroxylation is 2. The van der Waals surface area contributed by atoms with Gasteiger partial charge in [-0.3, -0.25) is 4.79 Å². The first kappa shape index (κ1) is 16.0. The summed E-state index contributed by atoms with van der Waals surface area (Å²) in [4.78, 5) is 16.0. The van der Waals surface area contributed by atoms with E-state index < -0.39 is 0 Å². The standard InChI is InChI=1S/C13H21N3O2.ClH/c1-9-11(18-10(2)16-9)12(17)15-8-13(14)6-4-3-5-7-13;/h3-8,14H2,1-2H3,(H,15,17);1H. The molecule has 108 valence electrons. The number of rotatable bonds is 3. The Bertz CT molecular complexity index is 439. The van der Waals surface area contributed by atoms with Crippen LogP contribution in [0.15, 0.2) is 4.42 Å². The fraction of sp³-hybridized carbons (Fsp3) is 0.692. The number of aromatic nitrogens is 1. The molecule has 1 aliphatic rings. The Morgan fingerprint density at radius 1 is 1.37 bits per heavy atom. The van der Waals surface area contributed by atoms with Crippen molar-refractivity contribution in [3.63, 3.8) is 0 Å². The van der Waals surface area contributed by atoms with Crippen LogP contribution < -0.4 is 11.1 Å². The number of nitrogens with one attached hydrogen (secondary N) is 1. The molecule has 0 saturated heterocycles. The molecule has 2 rings (SSSR count). The maximum Gasteiger partial charge on any atom is 0.289 e. The molecule has 5 nitrogen and oxygen atoms in total. The van der Waals surface area contributed by atoms with Crippen molar-refractivity contribution < 1.29 is 9.21 Å². The van der Waals surface area contributed by atoms with Crippen LogP contribution in [0.4, 0.5) is 0 Å². The summed E-state index contributed by atoms with van der Waals surface area (Å²) in [6.07, 6.45) is 5.48. The number of nitrogens with two attached hydrogens (primary N) is 1. The smallest absolute Gasteiger partial charge is 0.289 e. The molecule has 1 aromatic rings. The lowest BCUT2D eigenvalue weighted by atomic mass is 9.82. The number of halogens is 1. The molecule has 0 spiro atoms. The summed E-state index contributed by atoms with van der Waals surface area (Å²) in [5.41, 5.74) is 6.64. The molecule has 1 aromatic heterocycles. The molecule has 0 aromatic carbocycles. The molecule has 19 heavy (non-hydrogen) atoms. The quantitative estimate of drug-likeness (QED) is 0.892. The zero-order valence-corrected chi connectivity index (χ0v) is 12.3. The molecule has 0 radical (unpaired) electrons.